The van der Waals surface area contributed by atoms with Gasteiger partial charge in [-0.15, -0.1) is 0 Å². The first-order valence-electron chi connectivity index (χ1n) is 7.53. The number of rotatable bonds is 4. The Hall–Kier alpha value is -2.03. The molecule has 5 heteroatoms. The molecule has 1 heterocycles. The molecule has 2 rings (SSSR count). The van der Waals surface area contributed by atoms with Crippen molar-refractivity contribution in [1.29, 1.82) is 0 Å². The second-order valence-corrected chi connectivity index (χ2v) is 5.29. The van der Waals surface area contributed by atoms with E-state index in [2.05, 4.69) is 17.2 Å². The first-order valence-corrected chi connectivity index (χ1v) is 7.53. The van der Waals surface area contributed by atoms with Crippen molar-refractivity contribution in [2.45, 2.75) is 37.9 Å². The van der Waals surface area contributed by atoms with Gasteiger partial charge in [0.05, 0.1) is 6.10 Å². The van der Waals surface area contributed by atoms with Crippen molar-refractivity contribution in [2.24, 2.45) is 0 Å². The molecule has 1 saturated heterocycles. The fourth-order valence-corrected chi connectivity index (χ4v) is 2.32. The van der Waals surface area contributed by atoms with E-state index in [4.69, 9.17) is 9.84 Å². The van der Waals surface area contributed by atoms with Crippen LogP contribution in [0.25, 0.3) is 0 Å². The number of benzene rings is 1. The molecule has 0 bridgehead atoms. The number of aliphatic hydroxyl groups excluding tert-OH is 1. The standard InChI is InChI=1S/C17H21NO4/c19-16(9-10-18-17(20)21)14-5-3-4-13(12-14)7-8-15-6-1-2-11-22-15/h3-5,12,15-16,18-19H,1-2,6,9-11H2,(H,20,21). The van der Waals surface area contributed by atoms with Crippen molar-refractivity contribution < 1.29 is 19.7 Å². The summed E-state index contributed by atoms with van der Waals surface area (Å²) in [6.45, 7) is 0.983. The number of amides is 1. The topological polar surface area (TPSA) is 78.8 Å². The SMILES string of the molecule is O=C(O)NCCC(O)c1cccc(C#CC2CCCCO2)c1. The van der Waals surface area contributed by atoms with Crippen LogP contribution >= 0.6 is 0 Å². The predicted octanol–water partition coefficient (Wildman–Crippen LogP) is 2.30. The highest BCUT2D eigenvalue weighted by molar-refractivity contribution is 5.64. The largest absolute Gasteiger partial charge is 0.465 e. The molecule has 5 nitrogen and oxygen atoms in total. The van der Waals surface area contributed by atoms with Gasteiger partial charge < -0.3 is 20.3 Å². The minimum absolute atomic E-state index is 0.00194. The average molecular weight is 303 g/mol. The van der Waals surface area contributed by atoms with E-state index < -0.39 is 12.2 Å². The molecule has 0 radical (unpaired) electrons. The lowest BCUT2D eigenvalue weighted by molar-refractivity contribution is 0.0526. The van der Waals surface area contributed by atoms with E-state index in [0.29, 0.717) is 6.42 Å². The summed E-state index contributed by atoms with van der Waals surface area (Å²) in [4.78, 5) is 10.4. The van der Waals surface area contributed by atoms with E-state index in [1.165, 1.54) is 0 Å². The fourth-order valence-electron chi connectivity index (χ4n) is 2.32. The molecule has 118 valence electrons. The summed E-state index contributed by atoms with van der Waals surface area (Å²) in [6.07, 6.45) is 1.75. The van der Waals surface area contributed by atoms with Gasteiger partial charge in [-0.2, -0.15) is 0 Å². The minimum Gasteiger partial charge on any atom is -0.465 e. The Balaban J connectivity index is 1.94. The molecule has 1 fully saturated rings. The molecular weight excluding hydrogens is 282 g/mol. The summed E-state index contributed by atoms with van der Waals surface area (Å²) in [6, 6.07) is 7.38. The lowest BCUT2D eigenvalue weighted by Gasteiger charge is -2.17. The molecule has 1 aromatic rings. The quantitative estimate of drug-likeness (QED) is 0.746. The van der Waals surface area contributed by atoms with Crippen LogP contribution in [0.2, 0.25) is 0 Å². The van der Waals surface area contributed by atoms with Crippen LogP contribution < -0.4 is 5.32 Å². The highest BCUT2D eigenvalue weighted by Gasteiger charge is 2.11. The lowest BCUT2D eigenvalue weighted by Crippen LogP contribution is -2.23. The highest BCUT2D eigenvalue weighted by Crippen LogP contribution is 2.17. The van der Waals surface area contributed by atoms with Gasteiger partial charge in [-0.1, -0.05) is 24.0 Å². The Morgan fingerprint density at radius 1 is 1.45 bits per heavy atom. The zero-order chi connectivity index (χ0) is 15.8. The van der Waals surface area contributed by atoms with Crippen LogP contribution in [-0.4, -0.2) is 35.6 Å². The van der Waals surface area contributed by atoms with Gasteiger partial charge in [-0.05, 0) is 43.4 Å². The summed E-state index contributed by atoms with van der Waals surface area (Å²) in [5.41, 5.74) is 1.57. The van der Waals surface area contributed by atoms with Crippen molar-refractivity contribution in [2.75, 3.05) is 13.2 Å². The van der Waals surface area contributed by atoms with Gasteiger partial charge in [-0.3, -0.25) is 0 Å². The van der Waals surface area contributed by atoms with Crippen molar-refractivity contribution in [3.8, 4) is 11.8 Å². The van der Waals surface area contributed by atoms with E-state index in [-0.39, 0.29) is 12.6 Å². The third kappa shape index (κ3) is 5.40. The maximum Gasteiger partial charge on any atom is 0.404 e. The van der Waals surface area contributed by atoms with Gasteiger partial charge in [0.15, 0.2) is 0 Å². The van der Waals surface area contributed by atoms with Crippen LogP contribution in [0, 0.1) is 11.8 Å². The van der Waals surface area contributed by atoms with Crippen molar-refractivity contribution in [1.82, 2.24) is 5.32 Å². The van der Waals surface area contributed by atoms with Crippen LogP contribution in [0.15, 0.2) is 24.3 Å². The van der Waals surface area contributed by atoms with Gasteiger partial charge in [0.25, 0.3) is 0 Å². The molecule has 1 aromatic carbocycles. The van der Waals surface area contributed by atoms with Crippen molar-refractivity contribution in [3.05, 3.63) is 35.4 Å². The summed E-state index contributed by atoms with van der Waals surface area (Å²) in [5.74, 6) is 6.21. The number of hydrogen-bond donors (Lipinski definition) is 3. The lowest BCUT2D eigenvalue weighted by atomic mass is 10.0. The molecule has 0 saturated carbocycles. The van der Waals surface area contributed by atoms with Gasteiger partial charge in [0, 0.05) is 18.7 Å². The number of carboxylic acid groups (broad SMARTS) is 1. The van der Waals surface area contributed by atoms with E-state index in [1.807, 2.05) is 24.3 Å². The maximum atomic E-state index is 10.4. The van der Waals surface area contributed by atoms with Crippen LogP contribution in [0.5, 0.6) is 0 Å². The normalized spacial score (nSPS) is 18.9. The first kappa shape index (κ1) is 16.3. The fraction of sp³-hybridized carbons (Fsp3) is 0.471. The molecule has 2 unspecified atom stereocenters. The third-order valence-electron chi connectivity index (χ3n) is 3.52. The summed E-state index contributed by atoms with van der Waals surface area (Å²) < 4.78 is 5.57. The second-order valence-electron chi connectivity index (χ2n) is 5.29. The molecular formula is C17H21NO4. The van der Waals surface area contributed by atoms with Crippen molar-refractivity contribution in [3.63, 3.8) is 0 Å². The predicted molar refractivity (Wildman–Crippen MR) is 82.5 cm³/mol. The minimum atomic E-state index is -1.08. The smallest absolute Gasteiger partial charge is 0.404 e. The number of aliphatic hydroxyl groups is 1. The number of carbonyl (C=O) groups is 1. The highest BCUT2D eigenvalue weighted by atomic mass is 16.5. The van der Waals surface area contributed by atoms with E-state index in [0.717, 1.165) is 37.0 Å². The van der Waals surface area contributed by atoms with Crippen molar-refractivity contribution >= 4 is 6.09 Å². The molecule has 1 amide bonds. The molecule has 3 N–H and O–H groups in total. The molecule has 0 aromatic heterocycles. The van der Waals surface area contributed by atoms with E-state index in [9.17, 15) is 9.90 Å². The molecule has 1 aliphatic rings. The van der Waals surface area contributed by atoms with E-state index >= 15 is 0 Å². The zero-order valence-electron chi connectivity index (χ0n) is 12.4. The third-order valence-corrected chi connectivity index (χ3v) is 3.52. The molecule has 2 atom stereocenters. The Bertz CT molecular complexity index is 555. The van der Waals surface area contributed by atoms with Crippen LogP contribution in [0.1, 0.15) is 42.9 Å². The van der Waals surface area contributed by atoms with Gasteiger partial charge in [0.2, 0.25) is 0 Å². The van der Waals surface area contributed by atoms with Gasteiger partial charge >= 0.3 is 6.09 Å². The molecule has 0 aliphatic carbocycles. The second kappa shape index (κ2) is 8.42. The first-order chi connectivity index (χ1) is 10.6. The maximum absolute atomic E-state index is 10.4. The van der Waals surface area contributed by atoms with Crippen LogP contribution in [0.4, 0.5) is 4.79 Å². The molecule has 22 heavy (non-hydrogen) atoms. The summed E-state index contributed by atoms with van der Waals surface area (Å²) in [7, 11) is 0. The van der Waals surface area contributed by atoms with Gasteiger partial charge in [0.1, 0.15) is 6.10 Å². The Labute approximate surface area is 130 Å². The van der Waals surface area contributed by atoms with Crippen LogP contribution in [0.3, 0.4) is 0 Å². The Morgan fingerprint density at radius 3 is 3.05 bits per heavy atom. The Kier molecular flexibility index (Phi) is 6.26. The summed E-state index contributed by atoms with van der Waals surface area (Å²) >= 11 is 0. The summed E-state index contributed by atoms with van der Waals surface area (Å²) in [5, 5.41) is 20.8. The monoisotopic (exact) mass is 303 g/mol. The number of nitrogens with one attached hydrogen (secondary N) is 1. The zero-order valence-corrected chi connectivity index (χ0v) is 12.4. The van der Waals surface area contributed by atoms with Gasteiger partial charge in [-0.25, -0.2) is 4.79 Å². The molecule has 0 spiro atoms. The molecule has 1 aliphatic heterocycles. The number of ether oxygens (including phenoxy) is 1. The number of hydrogen-bond acceptors (Lipinski definition) is 3. The van der Waals surface area contributed by atoms with E-state index in [1.54, 1.807) is 0 Å². The average Bonchev–Trinajstić information content (AvgIpc) is 2.54. The Morgan fingerprint density at radius 2 is 2.32 bits per heavy atom. The van der Waals surface area contributed by atoms with Crippen LogP contribution in [-0.2, 0) is 4.74 Å².